The van der Waals surface area contributed by atoms with E-state index < -0.39 is 0 Å². The van der Waals surface area contributed by atoms with Crippen molar-refractivity contribution in [1.82, 2.24) is 0 Å². The third kappa shape index (κ3) is 1.12. The number of carbonyl (C=O) groups is 1. The standard InChI is InChI=1S/C9H14O3/c1-2-12-9(11)8-6-3-5(10)4-7(6)8/h5-8,10H,2-4H2,1H3/t5?,6-,7?,8+/m1/s1. The summed E-state index contributed by atoms with van der Waals surface area (Å²) in [6.07, 6.45) is 1.44. The Labute approximate surface area is 71.7 Å². The van der Waals surface area contributed by atoms with Crippen LogP contribution in [0.1, 0.15) is 19.8 Å². The van der Waals surface area contributed by atoms with Gasteiger partial charge in [0, 0.05) is 0 Å². The predicted molar refractivity (Wildman–Crippen MR) is 42.3 cm³/mol. The number of carbonyl (C=O) groups excluding carboxylic acids is 1. The van der Waals surface area contributed by atoms with Crippen molar-refractivity contribution in [2.24, 2.45) is 17.8 Å². The van der Waals surface area contributed by atoms with Crippen molar-refractivity contribution in [3.63, 3.8) is 0 Å². The molecular weight excluding hydrogens is 156 g/mol. The Hall–Kier alpha value is -0.570. The van der Waals surface area contributed by atoms with E-state index in [0.29, 0.717) is 18.4 Å². The second kappa shape index (κ2) is 2.73. The van der Waals surface area contributed by atoms with Crippen LogP contribution in [0, 0.1) is 17.8 Å². The number of esters is 1. The van der Waals surface area contributed by atoms with Crippen LogP contribution in [0.5, 0.6) is 0 Å². The lowest BCUT2D eigenvalue weighted by molar-refractivity contribution is -0.145. The summed E-state index contributed by atoms with van der Waals surface area (Å²) in [6.45, 7) is 2.29. The Kier molecular flexibility index (Phi) is 1.83. The highest BCUT2D eigenvalue weighted by Crippen LogP contribution is 2.57. The van der Waals surface area contributed by atoms with Crippen molar-refractivity contribution in [3.05, 3.63) is 0 Å². The molecule has 0 bridgehead atoms. The van der Waals surface area contributed by atoms with Crippen LogP contribution in [0.3, 0.4) is 0 Å². The maximum Gasteiger partial charge on any atom is 0.309 e. The zero-order chi connectivity index (χ0) is 8.72. The molecule has 2 aliphatic carbocycles. The average molecular weight is 170 g/mol. The number of ether oxygens (including phenoxy) is 1. The third-order valence-corrected chi connectivity index (χ3v) is 2.98. The van der Waals surface area contributed by atoms with E-state index in [2.05, 4.69) is 0 Å². The lowest BCUT2D eigenvalue weighted by Crippen LogP contribution is -2.14. The van der Waals surface area contributed by atoms with Gasteiger partial charge in [0.1, 0.15) is 0 Å². The van der Waals surface area contributed by atoms with E-state index in [9.17, 15) is 9.90 Å². The fourth-order valence-electron chi connectivity index (χ4n) is 2.40. The van der Waals surface area contributed by atoms with E-state index >= 15 is 0 Å². The highest BCUT2D eigenvalue weighted by atomic mass is 16.5. The van der Waals surface area contributed by atoms with E-state index in [-0.39, 0.29) is 18.0 Å². The van der Waals surface area contributed by atoms with Gasteiger partial charge in [-0.15, -0.1) is 0 Å². The van der Waals surface area contributed by atoms with E-state index in [0.717, 1.165) is 12.8 Å². The number of hydrogen-bond acceptors (Lipinski definition) is 3. The largest absolute Gasteiger partial charge is 0.466 e. The quantitative estimate of drug-likeness (QED) is 0.616. The molecule has 0 amide bonds. The molecule has 0 aromatic rings. The number of hydrogen-bond donors (Lipinski definition) is 1. The van der Waals surface area contributed by atoms with Crippen LogP contribution < -0.4 is 0 Å². The van der Waals surface area contributed by atoms with Gasteiger partial charge in [-0.2, -0.15) is 0 Å². The lowest BCUT2D eigenvalue weighted by Gasteiger charge is -2.06. The van der Waals surface area contributed by atoms with Crippen molar-refractivity contribution in [2.75, 3.05) is 6.61 Å². The molecular formula is C9H14O3. The third-order valence-electron chi connectivity index (χ3n) is 2.98. The molecule has 2 unspecified atom stereocenters. The van der Waals surface area contributed by atoms with E-state index in [4.69, 9.17) is 4.74 Å². The number of fused-ring (bicyclic) bond motifs is 1. The normalized spacial score (nSPS) is 43.8. The summed E-state index contributed by atoms with van der Waals surface area (Å²) < 4.78 is 4.92. The van der Waals surface area contributed by atoms with Crippen LogP contribution in [0.25, 0.3) is 0 Å². The molecule has 3 heteroatoms. The molecule has 2 rings (SSSR count). The molecule has 0 spiro atoms. The maximum atomic E-state index is 11.2. The molecule has 2 saturated carbocycles. The summed E-state index contributed by atoms with van der Waals surface area (Å²) in [7, 11) is 0. The minimum Gasteiger partial charge on any atom is -0.466 e. The van der Waals surface area contributed by atoms with Gasteiger partial charge in [0.15, 0.2) is 0 Å². The molecule has 0 saturated heterocycles. The zero-order valence-corrected chi connectivity index (χ0v) is 7.19. The SMILES string of the molecule is CCOC(=O)[C@@H]1C2CC(O)C[C@H]21. The van der Waals surface area contributed by atoms with Gasteiger partial charge in [-0.25, -0.2) is 0 Å². The Bertz CT molecular complexity index is 190. The summed E-state index contributed by atoms with van der Waals surface area (Å²) in [5.41, 5.74) is 0. The molecule has 2 aliphatic rings. The molecule has 0 aromatic carbocycles. The fraction of sp³-hybridized carbons (Fsp3) is 0.889. The van der Waals surface area contributed by atoms with E-state index in [1.165, 1.54) is 0 Å². The van der Waals surface area contributed by atoms with Crippen molar-refractivity contribution in [1.29, 1.82) is 0 Å². The second-order valence-electron chi connectivity index (χ2n) is 3.73. The minimum absolute atomic E-state index is 0.0561. The molecule has 4 atom stereocenters. The zero-order valence-electron chi connectivity index (χ0n) is 7.19. The molecule has 3 nitrogen and oxygen atoms in total. The lowest BCUT2D eigenvalue weighted by atomic mass is 10.1. The Morgan fingerprint density at radius 2 is 2.08 bits per heavy atom. The van der Waals surface area contributed by atoms with Crippen LogP contribution >= 0.6 is 0 Å². The fourth-order valence-corrected chi connectivity index (χ4v) is 2.40. The molecule has 0 heterocycles. The molecule has 0 aromatic heterocycles. The smallest absolute Gasteiger partial charge is 0.309 e. The first kappa shape index (κ1) is 8.05. The van der Waals surface area contributed by atoms with Gasteiger partial charge in [-0.1, -0.05) is 0 Å². The summed E-state index contributed by atoms with van der Waals surface area (Å²) in [5, 5.41) is 9.21. The molecule has 12 heavy (non-hydrogen) atoms. The van der Waals surface area contributed by atoms with Gasteiger partial charge in [-0.05, 0) is 31.6 Å². The summed E-state index contributed by atoms with van der Waals surface area (Å²) >= 11 is 0. The minimum atomic E-state index is -0.161. The Morgan fingerprint density at radius 3 is 2.58 bits per heavy atom. The monoisotopic (exact) mass is 170 g/mol. The predicted octanol–water partition coefficient (Wildman–Crippen LogP) is 0.566. The number of rotatable bonds is 2. The van der Waals surface area contributed by atoms with Gasteiger partial charge in [0.25, 0.3) is 0 Å². The molecule has 1 N–H and O–H groups in total. The topological polar surface area (TPSA) is 46.5 Å². The number of aliphatic hydroxyl groups is 1. The van der Waals surface area contributed by atoms with Crippen molar-refractivity contribution < 1.29 is 14.6 Å². The van der Waals surface area contributed by atoms with Gasteiger partial charge in [0.2, 0.25) is 0 Å². The summed E-state index contributed by atoms with van der Waals surface area (Å²) in [4.78, 5) is 11.2. The highest BCUT2D eigenvalue weighted by molar-refractivity contribution is 5.76. The molecule has 0 aliphatic heterocycles. The average Bonchev–Trinajstić information content (AvgIpc) is 2.51. The van der Waals surface area contributed by atoms with Crippen molar-refractivity contribution in [2.45, 2.75) is 25.9 Å². The Balaban J connectivity index is 1.85. The molecule has 68 valence electrons. The van der Waals surface area contributed by atoms with Crippen molar-refractivity contribution in [3.8, 4) is 0 Å². The van der Waals surface area contributed by atoms with Crippen molar-refractivity contribution >= 4 is 5.97 Å². The second-order valence-corrected chi connectivity index (χ2v) is 3.73. The first-order chi connectivity index (χ1) is 5.74. The molecule has 0 radical (unpaired) electrons. The van der Waals surface area contributed by atoms with Crippen LogP contribution in [0.15, 0.2) is 0 Å². The number of aliphatic hydroxyl groups excluding tert-OH is 1. The molecule has 2 fully saturated rings. The maximum absolute atomic E-state index is 11.2. The van der Waals surface area contributed by atoms with Gasteiger partial charge in [0.05, 0.1) is 18.6 Å². The van der Waals surface area contributed by atoms with Crippen LogP contribution in [0.4, 0.5) is 0 Å². The van der Waals surface area contributed by atoms with Crippen LogP contribution in [-0.2, 0) is 9.53 Å². The van der Waals surface area contributed by atoms with Gasteiger partial charge in [-0.3, -0.25) is 4.79 Å². The van der Waals surface area contributed by atoms with Gasteiger partial charge >= 0.3 is 5.97 Å². The highest BCUT2D eigenvalue weighted by Gasteiger charge is 2.60. The first-order valence-corrected chi connectivity index (χ1v) is 4.58. The van der Waals surface area contributed by atoms with Crippen LogP contribution in [0.2, 0.25) is 0 Å². The Morgan fingerprint density at radius 1 is 1.50 bits per heavy atom. The van der Waals surface area contributed by atoms with E-state index in [1.54, 1.807) is 0 Å². The van der Waals surface area contributed by atoms with Crippen LogP contribution in [-0.4, -0.2) is 23.8 Å². The summed E-state index contributed by atoms with van der Waals surface area (Å²) in [5.74, 6) is 0.922. The van der Waals surface area contributed by atoms with E-state index in [1.807, 2.05) is 6.92 Å². The first-order valence-electron chi connectivity index (χ1n) is 4.58. The summed E-state index contributed by atoms with van der Waals surface area (Å²) in [6, 6.07) is 0. The van der Waals surface area contributed by atoms with Gasteiger partial charge < -0.3 is 9.84 Å².